The van der Waals surface area contributed by atoms with Crippen LogP contribution < -0.4 is 0 Å². The first-order chi connectivity index (χ1) is 8.79. The topological polar surface area (TPSA) is 0 Å². The van der Waals surface area contributed by atoms with E-state index in [0.717, 1.165) is 11.8 Å². The fourth-order valence-electron chi connectivity index (χ4n) is 2.82. The van der Waals surface area contributed by atoms with E-state index in [1.165, 1.54) is 44.9 Å². The summed E-state index contributed by atoms with van der Waals surface area (Å²) < 4.78 is 0. The second kappa shape index (κ2) is 9.19. The van der Waals surface area contributed by atoms with Gasteiger partial charge in [0.1, 0.15) is 0 Å². The van der Waals surface area contributed by atoms with Gasteiger partial charge in [-0.1, -0.05) is 89.6 Å². The average molecular weight is 246 g/mol. The van der Waals surface area contributed by atoms with Crippen molar-refractivity contribution in [2.75, 3.05) is 0 Å². The number of hydrogen-bond donors (Lipinski definition) is 0. The molecule has 0 N–H and O–H groups in total. The fraction of sp³-hybridized carbons (Fsp3) is 0.667. The van der Waals surface area contributed by atoms with E-state index in [2.05, 4.69) is 51.1 Å². The molecule has 0 heterocycles. The molecule has 0 fully saturated rings. The third-order valence-electron chi connectivity index (χ3n) is 4.05. The fourth-order valence-corrected chi connectivity index (χ4v) is 2.82. The van der Waals surface area contributed by atoms with Gasteiger partial charge in [-0.25, -0.2) is 0 Å². The lowest BCUT2D eigenvalue weighted by molar-refractivity contribution is 0.385. The Balaban J connectivity index is 2.62. The van der Waals surface area contributed by atoms with Gasteiger partial charge in [0.25, 0.3) is 0 Å². The molecule has 0 saturated heterocycles. The summed E-state index contributed by atoms with van der Waals surface area (Å²) in [6.45, 7) is 7.03. The molecule has 1 aromatic carbocycles. The Morgan fingerprint density at radius 1 is 0.833 bits per heavy atom. The Labute approximate surface area is 114 Å². The number of hydrogen-bond acceptors (Lipinski definition) is 0. The first-order valence-corrected chi connectivity index (χ1v) is 7.84. The van der Waals surface area contributed by atoms with Crippen molar-refractivity contribution in [1.82, 2.24) is 0 Å². The summed E-state index contributed by atoms with van der Waals surface area (Å²) in [5.74, 6) is 1.59. The third kappa shape index (κ3) is 5.25. The van der Waals surface area contributed by atoms with Crippen molar-refractivity contribution in [3.05, 3.63) is 35.9 Å². The Hall–Kier alpha value is -0.780. The minimum atomic E-state index is 0.768. The molecule has 0 radical (unpaired) electrons. The van der Waals surface area contributed by atoms with E-state index in [4.69, 9.17) is 0 Å². The van der Waals surface area contributed by atoms with Crippen LogP contribution in [0.25, 0.3) is 0 Å². The molecule has 18 heavy (non-hydrogen) atoms. The standard InChI is InChI=1S/C18H30/c1-4-6-9-15-18(16(3)12-7-5-2)17-13-10-8-11-14-17/h8,10-11,13-14,16,18H,4-7,9,12,15H2,1-3H3. The van der Waals surface area contributed by atoms with Crippen LogP contribution in [0, 0.1) is 5.92 Å². The average Bonchev–Trinajstić information content (AvgIpc) is 2.42. The van der Waals surface area contributed by atoms with Crippen LogP contribution in [0.15, 0.2) is 30.3 Å². The van der Waals surface area contributed by atoms with Gasteiger partial charge in [-0.2, -0.15) is 0 Å². The zero-order valence-electron chi connectivity index (χ0n) is 12.5. The molecular weight excluding hydrogens is 216 g/mol. The van der Waals surface area contributed by atoms with Crippen molar-refractivity contribution >= 4 is 0 Å². The second-order valence-corrected chi connectivity index (χ2v) is 5.63. The molecule has 0 heteroatoms. The van der Waals surface area contributed by atoms with E-state index in [0.29, 0.717) is 0 Å². The van der Waals surface area contributed by atoms with E-state index < -0.39 is 0 Å². The largest absolute Gasteiger partial charge is 0.0654 e. The van der Waals surface area contributed by atoms with E-state index in [9.17, 15) is 0 Å². The van der Waals surface area contributed by atoms with Crippen LogP contribution in [-0.4, -0.2) is 0 Å². The van der Waals surface area contributed by atoms with Gasteiger partial charge in [-0.15, -0.1) is 0 Å². The van der Waals surface area contributed by atoms with Gasteiger partial charge in [-0.05, 0) is 23.8 Å². The lowest BCUT2D eigenvalue weighted by Gasteiger charge is -2.24. The Bertz CT molecular complexity index is 288. The molecule has 0 spiro atoms. The maximum atomic E-state index is 2.44. The van der Waals surface area contributed by atoms with Gasteiger partial charge in [0.05, 0.1) is 0 Å². The van der Waals surface area contributed by atoms with E-state index in [-0.39, 0.29) is 0 Å². The Morgan fingerprint density at radius 2 is 1.50 bits per heavy atom. The first-order valence-electron chi connectivity index (χ1n) is 7.84. The van der Waals surface area contributed by atoms with E-state index in [1.54, 1.807) is 5.56 Å². The molecule has 0 bridgehead atoms. The van der Waals surface area contributed by atoms with Crippen molar-refractivity contribution in [2.24, 2.45) is 5.92 Å². The monoisotopic (exact) mass is 246 g/mol. The summed E-state index contributed by atoms with van der Waals surface area (Å²) in [5.41, 5.74) is 1.55. The molecule has 1 rings (SSSR count). The van der Waals surface area contributed by atoms with Crippen molar-refractivity contribution in [1.29, 1.82) is 0 Å². The summed E-state index contributed by atoms with van der Waals surface area (Å²) in [4.78, 5) is 0. The van der Waals surface area contributed by atoms with Crippen LogP contribution in [0.5, 0.6) is 0 Å². The van der Waals surface area contributed by atoms with Gasteiger partial charge < -0.3 is 0 Å². The van der Waals surface area contributed by atoms with Gasteiger partial charge >= 0.3 is 0 Å². The van der Waals surface area contributed by atoms with Crippen LogP contribution in [0.4, 0.5) is 0 Å². The molecule has 102 valence electrons. The zero-order chi connectivity index (χ0) is 13.2. The molecule has 0 aromatic heterocycles. The maximum Gasteiger partial charge on any atom is -0.0136 e. The normalized spacial score (nSPS) is 14.4. The van der Waals surface area contributed by atoms with Crippen LogP contribution in [0.1, 0.15) is 77.2 Å². The summed E-state index contributed by atoms with van der Waals surface area (Å²) in [6, 6.07) is 11.1. The Morgan fingerprint density at radius 3 is 2.11 bits per heavy atom. The molecule has 0 aliphatic carbocycles. The van der Waals surface area contributed by atoms with Gasteiger partial charge in [-0.3, -0.25) is 0 Å². The van der Waals surface area contributed by atoms with Crippen molar-refractivity contribution in [3.8, 4) is 0 Å². The number of rotatable bonds is 9. The zero-order valence-corrected chi connectivity index (χ0v) is 12.5. The highest BCUT2D eigenvalue weighted by atomic mass is 14.2. The van der Waals surface area contributed by atoms with Crippen molar-refractivity contribution in [2.45, 2.75) is 71.6 Å². The molecule has 2 atom stereocenters. The van der Waals surface area contributed by atoms with E-state index in [1.807, 2.05) is 0 Å². The van der Waals surface area contributed by atoms with Crippen molar-refractivity contribution in [3.63, 3.8) is 0 Å². The highest BCUT2D eigenvalue weighted by molar-refractivity contribution is 5.20. The van der Waals surface area contributed by atoms with Crippen LogP contribution in [-0.2, 0) is 0 Å². The first kappa shape index (κ1) is 15.3. The lowest BCUT2D eigenvalue weighted by atomic mass is 9.81. The van der Waals surface area contributed by atoms with Crippen LogP contribution in [0.2, 0.25) is 0 Å². The summed E-state index contributed by atoms with van der Waals surface area (Å²) in [6.07, 6.45) is 9.52. The molecule has 0 amide bonds. The minimum absolute atomic E-state index is 0.768. The second-order valence-electron chi connectivity index (χ2n) is 5.63. The predicted octanol–water partition coefficient (Wildman–Crippen LogP) is 6.18. The minimum Gasteiger partial charge on any atom is -0.0654 e. The molecule has 2 unspecified atom stereocenters. The quantitative estimate of drug-likeness (QED) is 0.457. The molecular formula is C18H30. The summed E-state index contributed by atoms with van der Waals surface area (Å²) in [5, 5.41) is 0. The summed E-state index contributed by atoms with van der Waals surface area (Å²) in [7, 11) is 0. The van der Waals surface area contributed by atoms with Crippen LogP contribution >= 0.6 is 0 Å². The smallest absolute Gasteiger partial charge is 0.0136 e. The predicted molar refractivity (Wildman–Crippen MR) is 82.0 cm³/mol. The Kier molecular flexibility index (Phi) is 7.80. The number of unbranched alkanes of at least 4 members (excludes halogenated alkanes) is 3. The lowest BCUT2D eigenvalue weighted by Crippen LogP contribution is -2.10. The SMILES string of the molecule is CCCCCC(c1ccccc1)C(C)CCCC. The molecule has 0 aliphatic heterocycles. The highest BCUT2D eigenvalue weighted by Crippen LogP contribution is 2.32. The molecule has 1 aromatic rings. The maximum absolute atomic E-state index is 2.44. The molecule has 0 saturated carbocycles. The molecule has 0 nitrogen and oxygen atoms in total. The summed E-state index contributed by atoms with van der Waals surface area (Å²) >= 11 is 0. The number of benzene rings is 1. The van der Waals surface area contributed by atoms with Crippen LogP contribution in [0.3, 0.4) is 0 Å². The molecule has 0 aliphatic rings. The third-order valence-corrected chi connectivity index (χ3v) is 4.05. The van der Waals surface area contributed by atoms with Gasteiger partial charge in [0.2, 0.25) is 0 Å². The highest BCUT2D eigenvalue weighted by Gasteiger charge is 2.18. The van der Waals surface area contributed by atoms with E-state index >= 15 is 0 Å². The van der Waals surface area contributed by atoms with Crippen molar-refractivity contribution < 1.29 is 0 Å². The van der Waals surface area contributed by atoms with Gasteiger partial charge in [0.15, 0.2) is 0 Å². The van der Waals surface area contributed by atoms with Gasteiger partial charge in [0, 0.05) is 0 Å².